The summed E-state index contributed by atoms with van der Waals surface area (Å²) in [4.78, 5) is 0. The highest BCUT2D eigenvalue weighted by atomic mass is 35.5. The molecule has 18 heavy (non-hydrogen) atoms. The Morgan fingerprint density at radius 1 is 1.39 bits per heavy atom. The molecule has 1 atom stereocenters. The maximum absolute atomic E-state index is 6.21. The lowest BCUT2D eigenvalue weighted by atomic mass is 10.0. The maximum Gasteiger partial charge on any atom is 0.0597 e. The van der Waals surface area contributed by atoms with Gasteiger partial charge in [-0.3, -0.25) is 4.68 Å². The summed E-state index contributed by atoms with van der Waals surface area (Å²) < 4.78 is 1.92. The fourth-order valence-corrected chi connectivity index (χ4v) is 2.41. The maximum atomic E-state index is 6.21. The third kappa shape index (κ3) is 2.74. The van der Waals surface area contributed by atoms with E-state index in [1.807, 2.05) is 43.9 Å². The molecule has 2 rings (SSSR count). The molecular weight excluding hydrogens is 246 g/mol. The topological polar surface area (TPSA) is 29.9 Å². The number of hydrogen-bond donors (Lipinski definition) is 1. The van der Waals surface area contributed by atoms with Gasteiger partial charge in [0.2, 0.25) is 0 Å². The first kappa shape index (κ1) is 13.1. The first-order valence-corrected chi connectivity index (χ1v) is 6.41. The van der Waals surface area contributed by atoms with Crippen LogP contribution in [0.1, 0.15) is 23.0 Å². The van der Waals surface area contributed by atoms with Gasteiger partial charge < -0.3 is 5.32 Å². The lowest BCUT2D eigenvalue weighted by molar-refractivity contribution is 0.537. The van der Waals surface area contributed by atoms with Crippen molar-refractivity contribution < 1.29 is 0 Å². The third-order valence-corrected chi connectivity index (χ3v) is 3.49. The van der Waals surface area contributed by atoms with Crippen LogP contribution < -0.4 is 5.32 Å². The molecule has 1 aromatic carbocycles. The van der Waals surface area contributed by atoms with Gasteiger partial charge in [-0.15, -0.1) is 0 Å². The lowest BCUT2D eigenvalue weighted by Crippen LogP contribution is -2.21. The first-order valence-electron chi connectivity index (χ1n) is 6.03. The average molecular weight is 264 g/mol. The molecule has 0 aliphatic rings. The molecule has 0 saturated heterocycles. The zero-order valence-electron chi connectivity index (χ0n) is 10.9. The minimum atomic E-state index is 0.219. The molecule has 1 unspecified atom stereocenters. The van der Waals surface area contributed by atoms with Crippen molar-refractivity contribution in [1.82, 2.24) is 15.1 Å². The Bertz CT molecular complexity index is 534. The summed E-state index contributed by atoms with van der Waals surface area (Å²) in [5.41, 5.74) is 3.36. The Morgan fingerprint density at radius 2 is 2.11 bits per heavy atom. The molecule has 0 bridgehead atoms. The molecule has 0 spiro atoms. The van der Waals surface area contributed by atoms with Gasteiger partial charge in [0.25, 0.3) is 0 Å². The Kier molecular flexibility index (Phi) is 4.04. The van der Waals surface area contributed by atoms with Crippen molar-refractivity contribution in [1.29, 1.82) is 0 Å². The summed E-state index contributed by atoms with van der Waals surface area (Å²) >= 11 is 6.21. The van der Waals surface area contributed by atoms with Gasteiger partial charge in [0.05, 0.1) is 17.4 Å². The lowest BCUT2D eigenvalue weighted by Gasteiger charge is -2.17. The minimum Gasteiger partial charge on any atom is -0.311 e. The summed E-state index contributed by atoms with van der Waals surface area (Å²) in [6.07, 6.45) is 0.856. The van der Waals surface area contributed by atoms with Crippen molar-refractivity contribution in [3.05, 3.63) is 52.3 Å². The zero-order chi connectivity index (χ0) is 13.1. The van der Waals surface area contributed by atoms with E-state index in [0.717, 1.165) is 22.7 Å². The first-order chi connectivity index (χ1) is 8.61. The van der Waals surface area contributed by atoms with Crippen LogP contribution in [0.4, 0.5) is 0 Å². The molecule has 0 radical (unpaired) electrons. The van der Waals surface area contributed by atoms with Crippen molar-refractivity contribution >= 4 is 11.6 Å². The monoisotopic (exact) mass is 263 g/mol. The van der Waals surface area contributed by atoms with Crippen LogP contribution in [0.15, 0.2) is 30.3 Å². The van der Waals surface area contributed by atoms with Gasteiger partial charge in [0.15, 0.2) is 0 Å². The van der Waals surface area contributed by atoms with Crippen LogP contribution >= 0.6 is 11.6 Å². The highest BCUT2D eigenvalue weighted by molar-refractivity contribution is 6.31. The summed E-state index contributed by atoms with van der Waals surface area (Å²) in [5, 5.41) is 8.53. The van der Waals surface area contributed by atoms with Gasteiger partial charge >= 0.3 is 0 Å². The second kappa shape index (κ2) is 5.55. The normalized spacial score (nSPS) is 12.7. The van der Waals surface area contributed by atoms with E-state index < -0.39 is 0 Å². The van der Waals surface area contributed by atoms with Gasteiger partial charge in [-0.1, -0.05) is 29.8 Å². The Labute approximate surface area is 113 Å². The number of likely N-dealkylation sites (N-methyl/N-ethyl adjacent to an activating group) is 1. The van der Waals surface area contributed by atoms with Gasteiger partial charge in [-0.25, -0.2) is 0 Å². The van der Waals surface area contributed by atoms with Crippen molar-refractivity contribution in [2.75, 3.05) is 7.05 Å². The number of benzene rings is 1. The van der Waals surface area contributed by atoms with E-state index in [9.17, 15) is 0 Å². The largest absolute Gasteiger partial charge is 0.311 e. The van der Waals surface area contributed by atoms with Crippen LogP contribution in [0.25, 0.3) is 0 Å². The molecule has 0 fully saturated rings. The molecule has 1 N–H and O–H groups in total. The summed E-state index contributed by atoms with van der Waals surface area (Å²) in [5.74, 6) is 0. The fourth-order valence-electron chi connectivity index (χ4n) is 2.20. The molecule has 0 aliphatic heterocycles. The predicted molar refractivity (Wildman–Crippen MR) is 74.9 cm³/mol. The van der Waals surface area contributed by atoms with Crippen LogP contribution in [0, 0.1) is 6.92 Å². The van der Waals surface area contributed by atoms with E-state index in [0.29, 0.717) is 0 Å². The Hall–Kier alpha value is -1.32. The minimum absolute atomic E-state index is 0.219. The zero-order valence-corrected chi connectivity index (χ0v) is 11.7. The van der Waals surface area contributed by atoms with Crippen LogP contribution in [0.3, 0.4) is 0 Å². The van der Waals surface area contributed by atoms with Gasteiger partial charge in [-0.2, -0.15) is 5.10 Å². The smallest absolute Gasteiger partial charge is 0.0597 e. The van der Waals surface area contributed by atoms with E-state index in [4.69, 9.17) is 11.6 Å². The number of rotatable bonds is 4. The fraction of sp³-hybridized carbons (Fsp3) is 0.357. The van der Waals surface area contributed by atoms with Crippen molar-refractivity contribution in [2.24, 2.45) is 7.05 Å². The van der Waals surface area contributed by atoms with Gasteiger partial charge in [0, 0.05) is 12.1 Å². The van der Waals surface area contributed by atoms with E-state index >= 15 is 0 Å². The van der Waals surface area contributed by atoms with Crippen LogP contribution in [0.2, 0.25) is 5.02 Å². The van der Waals surface area contributed by atoms with Crippen LogP contribution in [-0.4, -0.2) is 16.8 Å². The number of nitrogens with one attached hydrogen (secondary N) is 1. The van der Waals surface area contributed by atoms with Gasteiger partial charge in [0.1, 0.15) is 0 Å². The van der Waals surface area contributed by atoms with E-state index in [1.165, 1.54) is 5.69 Å². The summed E-state index contributed by atoms with van der Waals surface area (Å²) in [6.45, 7) is 2.01. The number of nitrogens with zero attached hydrogens (tertiary/aromatic N) is 2. The molecule has 96 valence electrons. The number of aromatic nitrogens is 2. The Morgan fingerprint density at radius 3 is 2.67 bits per heavy atom. The standard InChI is InChI=1S/C14H18ClN3/c1-10-8-14(18(3)17-10)13(16-2)9-11-6-4-5-7-12(11)15/h4-8,13,16H,9H2,1-3H3. The SMILES string of the molecule is CNC(Cc1ccccc1Cl)c1cc(C)nn1C. The summed E-state index contributed by atoms with van der Waals surface area (Å²) in [7, 11) is 3.93. The second-order valence-electron chi connectivity index (χ2n) is 4.47. The van der Waals surface area contributed by atoms with Crippen LogP contribution in [-0.2, 0) is 13.5 Å². The third-order valence-electron chi connectivity index (χ3n) is 3.13. The highest BCUT2D eigenvalue weighted by Gasteiger charge is 2.15. The predicted octanol–water partition coefficient (Wildman–Crippen LogP) is 2.89. The van der Waals surface area contributed by atoms with E-state index in [1.54, 1.807) is 0 Å². The molecule has 2 aromatic rings. The number of hydrogen-bond acceptors (Lipinski definition) is 2. The van der Waals surface area contributed by atoms with E-state index in [2.05, 4.69) is 22.5 Å². The quantitative estimate of drug-likeness (QED) is 0.919. The molecule has 4 heteroatoms. The Balaban J connectivity index is 2.25. The van der Waals surface area contributed by atoms with Crippen molar-refractivity contribution in [2.45, 2.75) is 19.4 Å². The average Bonchev–Trinajstić information content (AvgIpc) is 2.67. The molecule has 1 aromatic heterocycles. The van der Waals surface area contributed by atoms with Crippen molar-refractivity contribution in [3.63, 3.8) is 0 Å². The van der Waals surface area contributed by atoms with Crippen molar-refractivity contribution in [3.8, 4) is 0 Å². The number of halogens is 1. The summed E-state index contributed by atoms with van der Waals surface area (Å²) in [6, 6.07) is 10.3. The second-order valence-corrected chi connectivity index (χ2v) is 4.88. The highest BCUT2D eigenvalue weighted by Crippen LogP contribution is 2.23. The molecule has 0 amide bonds. The van der Waals surface area contributed by atoms with Gasteiger partial charge in [-0.05, 0) is 38.1 Å². The number of aryl methyl sites for hydroxylation is 2. The molecule has 0 aliphatic carbocycles. The molecular formula is C14H18ClN3. The molecule has 0 saturated carbocycles. The molecule has 3 nitrogen and oxygen atoms in total. The van der Waals surface area contributed by atoms with Crippen LogP contribution in [0.5, 0.6) is 0 Å². The van der Waals surface area contributed by atoms with E-state index in [-0.39, 0.29) is 6.04 Å². The molecule has 1 heterocycles.